The average Bonchev–Trinajstić information content (AvgIpc) is 3.40. The number of ether oxygens (including phenoxy) is 1. The molecule has 1 saturated carbocycles. The van der Waals surface area contributed by atoms with E-state index in [4.69, 9.17) is 4.74 Å². The van der Waals surface area contributed by atoms with E-state index < -0.39 is 0 Å². The van der Waals surface area contributed by atoms with Gasteiger partial charge in [0.25, 0.3) is 0 Å². The second-order valence-electron chi connectivity index (χ2n) is 6.32. The van der Waals surface area contributed by atoms with Crippen LogP contribution in [-0.4, -0.2) is 39.6 Å². The summed E-state index contributed by atoms with van der Waals surface area (Å²) in [5, 5.41) is 12.1. The van der Waals surface area contributed by atoms with Gasteiger partial charge in [0.05, 0.1) is 12.4 Å². The SMILES string of the molecule is COc1ccc(CCNC(=O)[C@H](C)Sc2nnc(C3CC3)n2C)cc1. The Labute approximate surface area is 152 Å². The molecule has 0 spiro atoms. The Morgan fingerprint density at radius 2 is 2.08 bits per heavy atom. The first kappa shape index (κ1) is 17.8. The highest BCUT2D eigenvalue weighted by atomic mass is 32.2. The summed E-state index contributed by atoms with van der Waals surface area (Å²) in [5.74, 6) is 2.46. The summed E-state index contributed by atoms with van der Waals surface area (Å²) in [6, 6.07) is 7.90. The molecule has 0 radical (unpaired) electrons. The maximum Gasteiger partial charge on any atom is 0.233 e. The van der Waals surface area contributed by atoms with Crippen molar-refractivity contribution >= 4 is 17.7 Å². The molecule has 0 saturated heterocycles. The smallest absolute Gasteiger partial charge is 0.233 e. The number of carbonyl (C=O) groups excluding carboxylic acids is 1. The van der Waals surface area contributed by atoms with Crippen molar-refractivity contribution in [3.8, 4) is 5.75 Å². The van der Waals surface area contributed by atoms with Crippen LogP contribution in [0.2, 0.25) is 0 Å². The van der Waals surface area contributed by atoms with Gasteiger partial charge < -0.3 is 14.6 Å². The third-order valence-corrected chi connectivity index (χ3v) is 5.47. The molecule has 1 N–H and O–H groups in total. The third kappa shape index (κ3) is 4.54. The molecule has 1 fully saturated rings. The van der Waals surface area contributed by atoms with Crippen LogP contribution in [0.1, 0.15) is 37.1 Å². The van der Waals surface area contributed by atoms with E-state index in [9.17, 15) is 4.79 Å². The lowest BCUT2D eigenvalue weighted by Crippen LogP contribution is -2.32. The largest absolute Gasteiger partial charge is 0.497 e. The fourth-order valence-electron chi connectivity index (χ4n) is 2.60. The number of methoxy groups -OCH3 is 1. The van der Waals surface area contributed by atoms with Gasteiger partial charge in [-0.05, 0) is 43.9 Å². The van der Waals surface area contributed by atoms with Crippen molar-refractivity contribution in [2.24, 2.45) is 7.05 Å². The highest BCUT2D eigenvalue weighted by Gasteiger charge is 2.30. The van der Waals surface area contributed by atoms with Crippen LogP contribution in [0.5, 0.6) is 5.75 Å². The molecule has 1 aromatic carbocycles. The summed E-state index contributed by atoms with van der Waals surface area (Å²) in [7, 11) is 3.63. The molecule has 1 atom stereocenters. The first-order valence-electron chi connectivity index (χ1n) is 8.55. The summed E-state index contributed by atoms with van der Waals surface area (Å²) >= 11 is 1.46. The number of hydrogen-bond acceptors (Lipinski definition) is 5. The zero-order valence-corrected chi connectivity index (χ0v) is 15.7. The number of rotatable bonds is 8. The molecule has 0 unspecified atom stereocenters. The third-order valence-electron chi connectivity index (χ3n) is 4.33. The monoisotopic (exact) mass is 360 g/mol. The molecule has 1 aromatic heterocycles. The first-order valence-corrected chi connectivity index (χ1v) is 9.43. The number of hydrogen-bond donors (Lipinski definition) is 1. The van der Waals surface area contributed by atoms with Gasteiger partial charge in [0.1, 0.15) is 11.6 Å². The van der Waals surface area contributed by atoms with Gasteiger partial charge in [0.15, 0.2) is 5.16 Å². The van der Waals surface area contributed by atoms with E-state index in [1.807, 2.05) is 42.8 Å². The molecule has 134 valence electrons. The van der Waals surface area contributed by atoms with Crippen molar-refractivity contribution < 1.29 is 9.53 Å². The van der Waals surface area contributed by atoms with Crippen molar-refractivity contribution in [3.05, 3.63) is 35.7 Å². The Hall–Kier alpha value is -2.02. The average molecular weight is 360 g/mol. The van der Waals surface area contributed by atoms with E-state index in [2.05, 4.69) is 15.5 Å². The Balaban J connectivity index is 1.45. The van der Waals surface area contributed by atoms with E-state index in [1.54, 1.807) is 7.11 Å². The lowest BCUT2D eigenvalue weighted by Gasteiger charge is -2.12. The Morgan fingerprint density at radius 1 is 1.36 bits per heavy atom. The number of thioether (sulfide) groups is 1. The minimum atomic E-state index is -0.203. The van der Waals surface area contributed by atoms with Crippen LogP contribution in [0.15, 0.2) is 29.4 Å². The van der Waals surface area contributed by atoms with Crippen molar-refractivity contribution in [2.75, 3.05) is 13.7 Å². The Morgan fingerprint density at radius 3 is 2.72 bits per heavy atom. The summed E-state index contributed by atoms with van der Waals surface area (Å²) in [6.45, 7) is 2.51. The van der Waals surface area contributed by atoms with E-state index in [-0.39, 0.29) is 11.2 Å². The molecule has 1 aliphatic rings. The van der Waals surface area contributed by atoms with E-state index in [0.29, 0.717) is 12.5 Å². The van der Waals surface area contributed by atoms with Crippen LogP contribution in [0.4, 0.5) is 0 Å². The predicted octanol–water partition coefficient (Wildman–Crippen LogP) is 2.54. The maximum atomic E-state index is 12.3. The van der Waals surface area contributed by atoms with Gasteiger partial charge in [0, 0.05) is 19.5 Å². The van der Waals surface area contributed by atoms with Gasteiger partial charge in [-0.15, -0.1) is 10.2 Å². The number of benzene rings is 1. The van der Waals surface area contributed by atoms with Gasteiger partial charge in [-0.25, -0.2) is 0 Å². The topological polar surface area (TPSA) is 69.0 Å². The molecule has 6 nitrogen and oxygen atoms in total. The first-order chi connectivity index (χ1) is 12.1. The van der Waals surface area contributed by atoms with Crippen LogP contribution in [0.25, 0.3) is 0 Å². The van der Waals surface area contributed by atoms with Crippen LogP contribution in [0.3, 0.4) is 0 Å². The zero-order chi connectivity index (χ0) is 17.8. The van der Waals surface area contributed by atoms with Crippen LogP contribution in [-0.2, 0) is 18.3 Å². The van der Waals surface area contributed by atoms with Crippen molar-refractivity contribution in [1.29, 1.82) is 0 Å². The van der Waals surface area contributed by atoms with Crippen LogP contribution in [0, 0.1) is 0 Å². The number of amides is 1. The zero-order valence-electron chi connectivity index (χ0n) is 14.9. The molecule has 3 rings (SSSR count). The standard InChI is InChI=1S/C18H24N4O2S/c1-12(25-18-21-20-16(22(18)2)14-6-7-14)17(23)19-11-10-13-4-8-15(24-3)9-5-13/h4-5,8-9,12,14H,6-7,10-11H2,1-3H3,(H,19,23)/t12-/m0/s1. The molecule has 1 amide bonds. The van der Waals surface area contributed by atoms with E-state index in [1.165, 1.54) is 30.2 Å². The van der Waals surface area contributed by atoms with Gasteiger partial charge >= 0.3 is 0 Å². The molecule has 7 heteroatoms. The molecule has 25 heavy (non-hydrogen) atoms. The number of carbonyl (C=O) groups is 1. The summed E-state index contributed by atoms with van der Waals surface area (Å²) in [4.78, 5) is 12.3. The highest BCUT2D eigenvalue weighted by Crippen LogP contribution is 2.39. The fourth-order valence-corrected chi connectivity index (χ4v) is 3.45. The minimum Gasteiger partial charge on any atom is -0.497 e. The van der Waals surface area contributed by atoms with Gasteiger partial charge in [-0.3, -0.25) is 4.79 Å². The number of aromatic nitrogens is 3. The van der Waals surface area contributed by atoms with Gasteiger partial charge in [-0.2, -0.15) is 0 Å². The Kier molecular flexibility index (Phi) is 5.63. The van der Waals surface area contributed by atoms with E-state index >= 15 is 0 Å². The van der Waals surface area contributed by atoms with Crippen molar-refractivity contribution in [3.63, 3.8) is 0 Å². The molecule has 2 aromatic rings. The summed E-state index contributed by atoms with van der Waals surface area (Å²) < 4.78 is 7.16. The van der Waals surface area contributed by atoms with Crippen LogP contribution >= 0.6 is 11.8 Å². The lowest BCUT2D eigenvalue weighted by molar-refractivity contribution is -0.120. The molecule has 1 heterocycles. The number of nitrogens with one attached hydrogen (secondary N) is 1. The normalized spacial score (nSPS) is 15.0. The predicted molar refractivity (Wildman–Crippen MR) is 98.0 cm³/mol. The Bertz CT molecular complexity index is 725. The molecular formula is C18H24N4O2S. The summed E-state index contributed by atoms with van der Waals surface area (Å²) in [6.07, 6.45) is 3.18. The van der Waals surface area contributed by atoms with E-state index in [0.717, 1.165) is 23.2 Å². The molecular weight excluding hydrogens is 336 g/mol. The quantitative estimate of drug-likeness (QED) is 0.733. The van der Waals surface area contributed by atoms with Gasteiger partial charge in [-0.1, -0.05) is 23.9 Å². The van der Waals surface area contributed by atoms with Gasteiger partial charge in [0.2, 0.25) is 5.91 Å². The second kappa shape index (κ2) is 7.91. The molecule has 1 aliphatic carbocycles. The lowest BCUT2D eigenvalue weighted by atomic mass is 10.1. The minimum absolute atomic E-state index is 0.0227. The summed E-state index contributed by atoms with van der Waals surface area (Å²) in [5.41, 5.74) is 1.17. The second-order valence-corrected chi connectivity index (χ2v) is 7.63. The van der Waals surface area contributed by atoms with Crippen molar-refractivity contribution in [2.45, 2.75) is 42.5 Å². The molecule has 0 bridgehead atoms. The number of nitrogens with zero attached hydrogens (tertiary/aromatic N) is 3. The molecule has 0 aliphatic heterocycles. The van der Waals surface area contributed by atoms with Crippen LogP contribution < -0.4 is 10.1 Å². The highest BCUT2D eigenvalue weighted by molar-refractivity contribution is 8.00. The van der Waals surface area contributed by atoms with Crippen molar-refractivity contribution in [1.82, 2.24) is 20.1 Å². The fraction of sp³-hybridized carbons (Fsp3) is 0.500. The maximum absolute atomic E-state index is 12.3.